The Bertz CT molecular complexity index is 562. The van der Waals surface area contributed by atoms with Gasteiger partial charge in [0.1, 0.15) is 5.82 Å². The van der Waals surface area contributed by atoms with Crippen LogP contribution in [0.4, 0.5) is 4.39 Å². The molecule has 0 saturated heterocycles. The molecule has 0 fully saturated rings. The van der Waals surface area contributed by atoms with Crippen molar-refractivity contribution < 1.29 is 4.39 Å². The fourth-order valence-corrected chi connectivity index (χ4v) is 3.12. The lowest BCUT2D eigenvalue weighted by atomic mass is 9.75. The Morgan fingerprint density at radius 2 is 1.75 bits per heavy atom. The molecule has 106 valence electrons. The first-order chi connectivity index (χ1) is 9.63. The van der Waals surface area contributed by atoms with Crippen LogP contribution in [0.15, 0.2) is 48.5 Å². The van der Waals surface area contributed by atoms with Gasteiger partial charge in [-0.25, -0.2) is 4.39 Å². The van der Waals surface area contributed by atoms with E-state index in [1.54, 1.807) is 18.2 Å². The van der Waals surface area contributed by atoms with E-state index >= 15 is 0 Å². The molecule has 2 aromatic rings. The molecule has 0 aliphatic heterocycles. The second-order valence-electron chi connectivity index (χ2n) is 5.02. The van der Waals surface area contributed by atoms with E-state index in [-0.39, 0.29) is 16.3 Å². The zero-order valence-electron chi connectivity index (χ0n) is 11.4. The third-order valence-corrected chi connectivity index (χ3v) is 4.68. The van der Waals surface area contributed by atoms with E-state index in [2.05, 4.69) is 6.92 Å². The molecule has 0 bridgehead atoms. The normalized spacial score (nSPS) is 14.0. The van der Waals surface area contributed by atoms with Crippen molar-refractivity contribution in [3.05, 3.63) is 70.5 Å². The van der Waals surface area contributed by atoms with Gasteiger partial charge in [0, 0.05) is 11.3 Å². The van der Waals surface area contributed by atoms with Crippen molar-refractivity contribution in [3.63, 3.8) is 0 Å². The van der Waals surface area contributed by atoms with Crippen molar-refractivity contribution in [1.29, 1.82) is 0 Å². The fourth-order valence-electron chi connectivity index (χ4n) is 2.49. The maximum Gasteiger partial charge on any atom is 0.145 e. The second-order valence-corrected chi connectivity index (χ2v) is 5.70. The van der Waals surface area contributed by atoms with E-state index in [0.29, 0.717) is 17.9 Å². The minimum atomic E-state index is -0.340. The van der Waals surface area contributed by atoms with E-state index < -0.39 is 0 Å². The van der Waals surface area contributed by atoms with Crippen molar-refractivity contribution in [1.82, 2.24) is 0 Å². The Kier molecular flexibility index (Phi) is 5.06. The number of hydrogen-bond acceptors (Lipinski definition) is 0. The highest BCUT2D eigenvalue weighted by molar-refractivity contribution is 6.30. The summed E-state index contributed by atoms with van der Waals surface area (Å²) in [6.45, 7) is 2.08. The van der Waals surface area contributed by atoms with Gasteiger partial charge in [0.15, 0.2) is 0 Å². The molecule has 0 amide bonds. The summed E-state index contributed by atoms with van der Waals surface area (Å²) in [7, 11) is 0. The van der Waals surface area contributed by atoms with E-state index in [9.17, 15) is 4.39 Å². The summed E-state index contributed by atoms with van der Waals surface area (Å²) in [5.41, 5.74) is 1.48. The number of alkyl halides is 1. The predicted molar refractivity (Wildman–Crippen MR) is 84.2 cm³/mol. The summed E-state index contributed by atoms with van der Waals surface area (Å²) in [4.78, 5) is 0. The second kappa shape index (κ2) is 6.60. The summed E-state index contributed by atoms with van der Waals surface area (Å²) < 4.78 is 14.1. The first-order valence-corrected chi connectivity index (χ1v) is 7.58. The molecule has 2 aromatic carbocycles. The number of benzene rings is 2. The van der Waals surface area contributed by atoms with Crippen LogP contribution in [0.3, 0.4) is 0 Å². The minimum Gasteiger partial charge on any atom is -0.205 e. The average Bonchev–Trinajstić information content (AvgIpc) is 2.50. The summed E-state index contributed by atoms with van der Waals surface area (Å²) >= 11 is 12.1. The topological polar surface area (TPSA) is 0 Å². The van der Waals surface area contributed by atoms with Crippen molar-refractivity contribution in [2.24, 2.45) is 0 Å². The Morgan fingerprint density at radius 1 is 1.05 bits per heavy atom. The summed E-state index contributed by atoms with van der Waals surface area (Å²) in [5.74, 6) is 0.104. The van der Waals surface area contributed by atoms with Gasteiger partial charge in [0.05, 0.1) is 5.02 Å². The van der Waals surface area contributed by atoms with Crippen LogP contribution in [0, 0.1) is 5.82 Å². The predicted octanol–water partition coefficient (Wildman–Crippen LogP) is 5.61. The highest BCUT2D eigenvalue weighted by Gasteiger charge is 2.31. The van der Waals surface area contributed by atoms with Gasteiger partial charge in [-0.15, -0.1) is 11.6 Å². The smallest absolute Gasteiger partial charge is 0.145 e. The van der Waals surface area contributed by atoms with Gasteiger partial charge in [-0.2, -0.15) is 0 Å². The Hall–Kier alpha value is -1.05. The fraction of sp³-hybridized carbons (Fsp3) is 0.294. The number of hydrogen-bond donors (Lipinski definition) is 0. The largest absolute Gasteiger partial charge is 0.205 e. The molecule has 1 atom stereocenters. The molecule has 0 heterocycles. The maximum absolute atomic E-state index is 14.1. The van der Waals surface area contributed by atoms with Gasteiger partial charge in [-0.1, -0.05) is 61.0 Å². The van der Waals surface area contributed by atoms with Crippen LogP contribution < -0.4 is 0 Å². The van der Waals surface area contributed by atoms with Crippen LogP contribution in [0.5, 0.6) is 0 Å². The molecule has 0 N–H and O–H groups in total. The van der Waals surface area contributed by atoms with E-state index in [4.69, 9.17) is 23.2 Å². The van der Waals surface area contributed by atoms with Crippen molar-refractivity contribution in [2.75, 3.05) is 5.88 Å². The summed E-state index contributed by atoms with van der Waals surface area (Å²) in [6.07, 6.45) is 1.38. The summed E-state index contributed by atoms with van der Waals surface area (Å²) in [6, 6.07) is 15.2. The molecule has 0 aliphatic carbocycles. The molecule has 3 heteroatoms. The van der Waals surface area contributed by atoms with Crippen LogP contribution in [0.1, 0.15) is 24.5 Å². The zero-order chi connectivity index (χ0) is 14.6. The lowest BCUT2D eigenvalue weighted by Crippen LogP contribution is -2.30. The monoisotopic (exact) mass is 310 g/mol. The van der Waals surface area contributed by atoms with Gasteiger partial charge in [-0.3, -0.25) is 0 Å². The van der Waals surface area contributed by atoms with Crippen molar-refractivity contribution in [3.8, 4) is 0 Å². The lowest BCUT2D eigenvalue weighted by Gasteiger charge is -2.31. The van der Waals surface area contributed by atoms with E-state index in [1.807, 2.05) is 30.3 Å². The van der Waals surface area contributed by atoms with Gasteiger partial charge >= 0.3 is 0 Å². The lowest BCUT2D eigenvalue weighted by molar-refractivity contribution is 0.447. The maximum atomic E-state index is 14.1. The molecule has 0 nitrogen and oxygen atoms in total. The molecule has 0 aromatic heterocycles. The molecule has 1 unspecified atom stereocenters. The third-order valence-electron chi connectivity index (χ3n) is 3.88. The first kappa shape index (κ1) is 15.3. The highest BCUT2D eigenvalue weighted by atomic mass is 35.5. The molecule has 0 spiro atoms. The van der Waals surface area contributed by atoms with Crippen LogP contribution >= 0.6 is 23.2 Å². The molecular weight excluding hydrogens is 294 g/mol. The Labute approximate surface area is 129 Å². The number of rotatable bonds is 5. The summed E-state index contributed by atoms with van der Waals surface area (Å²) in [5, 5.41) is 0.162. The standard InChI is InChI=1S/C17H17Cl2F/c1-2-17(12-18,14-8-4-3-5-9-14)11-13-7-6-10-15(19)16(13)20/h3-10H,2,11-12H2,1H3. The quantitative estimate of drug-likeness (QED) is 0.630. The zero-order valence-corrected chi connectivity index (χ0v) is 12.9. The minimum absolute atomic E-state index is 0.162. The molecule has 2 rings (SSSR count). The van der Waals surface area contributed by atoms with Gasteiger partial charge in [0.2, 0.25) is 0 Å². The molecule has 0 saturated carbocycles. The molecule has 0 radical (unpaired) electrons. The van der Waals surface area contributed by atoms with Crippen molar-refractivity contribution in [2.45, 2.75) is 25.2 Å². The Morgan fingerprint density at radius 3 is 2.35 bits per heavy atom. The molecular formula is C17H17Cl2F. The average molecular weight is 311 g/mol. The van der Waals surface area contributed by atoms with Crippen LogP contribution in [-0.4, -0.2) is 5.88 Å². The highest BCUT2D eigenvalue weighted by Crippen LogP contribution is 2.35. The van der Waals surface area contributed by atoms with Crippen LogP contribution in [0.25, 0.3) is 0 Å². The van der Waals surface area contributed by atoms with Crippen molar-refractivity contribution >= 4 is 23.2 Å². The van der Waals surface area contributed by atoms with E-state index in [0.717, 1.165) is 12.0 Å². The SMILES string of the molecule is CCC(CCl)(Cc1cccc(Cl)c1F)c1ccccc1. The molecule has 20 heavy (non-hydrogen) atoms. The Balaban J connectivity index is 2.42. The van der Waals surface area contributed by atoms with Gasteiger partial charge in [-0.05, 0) is 30.0 Å². The molecule has 0 aliphatic rings. The van der Waals surface area contributed by atoms with E-state index in [1.165, 1.54) is 0 Å². The van der Waals surface area contributed by atoms with Gasteiger partial charge < -0.3 is 0 Å². The third kappa shape index (κ3) is 2.99. The number of halogens is 3. The van der Waals surface area contributed by atoms with Crippen LogP contribution in [0.2, 0.25) is 5.02 Å². The van der Waals surface area contributed by atoms with Gasteiger partial charge in [0.25, 0.3) is 0 Å². The first-order valence-electron chi connectivity index (χ1n) is 6.67. The van der Waals surface area contributed by atoms with Crippen LogP contribution in [-0.2, 0) is 11.8 Å².